The molecule has 1 heterocycles. The number of hydrogen-bond acceptors (Lipinski definition) is 4. The maximum atomic E-state index is 13.2. The fourth-order valence-electron chi connectivity index (χ4n) is 3.78. The molecule has 0 aliphatic rings. The highest BCUT2D eigenvalue weighted by molar-refractivity contribution is 6.30. The van der Waals surface area contributed by atoms with Crippen LogP contribution in [-0.2, 0) is 0 Å². The van der Waals surface area contributed by atoms with Crippen LogP contribution in [0.5, 0.6) is 0 Å². The number of halogens is 2. The Morgan fingerprint density at radius 3 is 2.47 bits per heavy atom. The molecule has 0 aliphatic carbocycles. The van der Waals surface area contributed by atoms with Crippen LogP contribution in [0.3, 0.4) is 0 Å². The number of alkyl halides is 1. The zero-order valence-electron chi connectivity index (χ0n) is 19.5. The Morgan fingerprint density at radius 1 is 1.00 bits per heavy atom. The lowest BCUT2D eigenvalue weighted by molar-refractivity contribution is 0.0927. The van der Waals surface area contributed by atoms with Crippen LogP contribution in [0, 0.1) is 5.41 Å². The van der Waals surface area contributed by atoms with Gasteiger partial charge in [0.15, 0.2) is 5.76 Å². The Morgan fingerprint density at radius 2 is 1.72 bits per heavy atom. The molecule has 3 aromatic carbocycles. The molecule has 0 fully saturated rings. The molecule has 0 spiro atoms. The van der Waals surface area contributed by atoms with Gasteiger partial charge in [-0.25, -0.2) is 9.37 Å². The first kappa shape index (κ1) is 25.1. The molecule has 0 aliphatic heterocycles. The van der Waals surface area contributed by atoms with Crippen LogP contribution in [-0.4, -0.2) is 29.9 Å². The lowest BCUT2D eigenvalue weighted by atomic mass is 10.0. The molecule has 6 nitrogen and oxygen atoms in total. The standard InChI is InChI=1S/C28H26ClFN4O2/c29-23-12-5-10-21(16-23)20-9-4-11-22(15-20)27(35)34-24(13-6-14-32-26(31)17-30)28-33-18-25(36-28)19-7-2-1-3-8-19/h1-5,7-12,15-16,18,24H,6,13-14,17H2,(H2,31,32)(H,34,35)/t24-/m0/s1. The van der Waals surface area contributed by atoms with E-state index in [0.717, 1.165) is 16.7 Å². The van der Waals surface area contributed by atoms with Crippen molar-refractivity contribution in [3.63, 3.8) is 0 Å². The Labute approximate surface area is 214 Å². The number of carbonyl (C=O) groups excluding carboxylic acids is 1. The van der Waals surface area contributed by atoms with Gasteiger partial charge in [-0.05, 0) is 48.2 Å². The molecule has 0 saturated heterocycles. The summed E-state index contributed by atoms with van der Waals surface area (Å²) in [4.78, 5) is 17.7. The van der Waals surface area contributed by atoms with E-state index >= 15 is 0 Å². The molecule has 8 heteroatoms. The second kappa shape index (κ2) is 12.1. The first-order chi connectivity index (χ1) is 17.5. The van der Waals surface area contributed by atoms with E-state index in [1.165, 1.54) is 0 Å². The third-order valence-corrected chi connectivity index (χ3v) is 5.84. The highest BCUT2D eigenvalue weighted by atomic mass is 35.5. The highest BCUT2D eigenvalue weighted by Gasteiger charge is 2.21. The third kappa shape index (κ3) is 6.58. The van der Waals surface area contributed by atoms with Crippen LogP contribution < -0.4 is 10.6 Å². The zero-order valence-corrected chi connectivity index (χ0v) is 20.3. The number of aromatic nitrogens is 1. The fourth-order valence-corrected chi connectivity index (χ4v) is 3.97. The minimum atomic E-state index is -0.844. The van der Waals surface area contributed by atoms with Gasteiger partial charge < -0.3 is 15.1 Å². The van der Waals surface area contributed by atoms with Crippen molar-refractivity contribution in [3.05, 3.63) is 102 Å². The number of rotatable bonds is 10. The summed E-state index contributed by atoms with van der Waals surface area (Å²) in [6, 6.07) is 23.8. The van der Waals surface area contributed by atoms with Gasteiger partial charge in [0.2, 0.25) is 5.89 Å². The average Bonchev–Trinajstić information content (AvgIpc) is 3.41. The number of amides is 1. The molecule has 1 amide bonds. The minimum Gasteiger partial charge on any atom is -0.438 e. The van der Waals surface area contributed by atoms with Crippen LogP contribution in [0.4, 0.5) is 4.39 Å². The maximum absolute atomic E-state index is 13.2. The molecular formula is C28H26ClFN4O2. The molecule has 1 aromatic heterocycles. The van der Waals surface area contributed by atoms with Crippen molar-refractivity contribution in [2.45, 2.75) is 18.9 Å². The Hall–Kier alpha value is -3.97. The molecule has 36 heavy (non-hydrogen) atoms. The highest BCUT2D eigenvalue weighted by Crippen LogP contribution is 2.27. The van der Waals surface area contributed by atoms with Gasteiger partial charge in [-0.15, -0.1) is 0 Å². The number of nitrogens with one attached hydrogen (secondary N) is 3. The van der Waals surface area contributed by atoms with Crippen molar-refractivity contribution in [2.24, 2.45) is 0 Å². The number of benzene rings is 3. The molecule has 4 rings (SSSR count). The molecule has 0 unspecified atom stereocenters. The number of oxazole rings is 1. The van der Waals surface area contributed by atoms with E-state index < -0.39 is 12.7 Å². The predicted molar refractivity (Wildman–Crippen MR) is 140 cm³/mol. The Balaban J connectivity index is 1.52. The summed E-state index contributed by atoms with van der Waals surface area (Å²) in [6.45, 7) is -0.449. The predicted octanol–water partition coefficient (Wildman–Crippen LogP) is 6.45. The number of amidine groups is 1. The maximum Gasteiger partial charge on any atom is 0.251 e. The molecule has 0 bridgehead atoms. The van der Waals surface area contributed by atoms with Crippen LogP contribution in [0.2, 0.25) is 5.02 Å². The van der Waals surface area contributed by atoms with E-state index in [1.807, 2.05) is 66.7 Å². The number of nitrogens with zero attached hydrogens (tertiary/aromatic N) is 1. The van der Waals surface area contributed by atoms with Crippen LogP contribution >= 0.6 is 11.6 Å². The average molecular weight is 505 g/mol. The molecule has 3 N–H and O–H groups in total. The van der Waals surface area contributed by atoms with Gasteiger partial charge >= 0.3 is 0 Å². The van der Waals surface area contributed by atoms with Crippen molar-refractivity contribution >= 4 is 23.3 Å². The summed E-state index contributed by atoms with van der Waals surface area (Å²) >= 11 is 6.13. The minimum absolute atomic E-state index is 0.170. The monoisotopic (exact) mass is 504 g/mol. The largest absolute Gasteiger partial charge is 0.438 e. The lowest BCUT2D eigenvalue weighted by Gasteiger charge is -2.17. The molecule has 0 saturated carbocycles. The zero-order chi connectivity index (χ0) is 25.3. The van der Waals surface area contributed by atoms with Gasteiger partial charge in [0, 0.05) is 22.7 Å². The fraction of sp³-hybridized carbons (Fsp3) is 0.179. The van der Waals surface area contributed by atoms with Crippen LogP contribution in [0.25, 0.3) is 22.5 Å². The van der Waals surface area contributed by atoms with E-state index in [2.05, 4.69) is 15.6 Å². The van der Waals surface area contributed by atoms with Gasteiger partial charge in [-0.1, -0.05) is 66.2 Å². The molecule has 1 atom stereocenters. The van der Waals surface area contributed by atoms with E-state index in [-0.39, 0.29) is 11.7 Å². The Bertz CT molecular complexity index is 1330. The second-order valence-corrected chi connectivity index (χ2v) is 8.66. The van der Waals surface area contributed by atoms with Crippen molar-refractivity contribution < 1.29 is 13.6 Å². The molecular weight excluding hydrogens is 479 g/mol. The van der Waals surface area contributed by atoms with Gasteiger partial charge in [-0.3, -0.25) is 10.2 Å². The molecule has 184 valence electrons. The smallest absolute Gasteiger partial charge is 0.251 e. The van der Waals surface area contributed by atoms with Crippen LogP contribution in [0.1, 0.15) is 35.1 Å². The van der Waals surface area contributed by atoms with E-state index in [1.54, 1.807) is 18.3 Å². The summed E-state index contributed by atoms with van der Waals surface area (Å²) in [5.41, 5.74) is 3.16. The van der Waals surface area contributed by atoms with Crippen molar-refractivity contribution in [1.82, 2.24) is 15.6 Å². The molecule has 0 radical (unpaired) electrons. The summed E-state index contributed by atoms with van der Waals surface area (Å²) < 4.78 is 18.6. The summed E-state index contributed by atoms with van der Waals surface area (Å²) in [5.74, 6) is 0.544. The van der Waals surface area contributed by atoms with Gasteiger partial charge in [0.05, 0.1) is 6.20 Å². The van der Waals surface area contributed by atoms with Gasteiger partial charge in [0.25, 0.3) is 5.91 Å². The quantitative estimate of drug-likeness (QED) is 0.131. The topological polar surface area (TPSA) is 91.0 Å². The summed E-state index contributed by atoms with van der Waals surface area (Å²) in [5, 5.41) is 13.8. The first-order valence-corrected chi connectivity index (χ1v) is 12.0. The van der Waals surface area contributed by atoms with Crippen molar-refractivity contribution in [2.75, 3.05) is 13.2 Å². The van der Waals surface area contributed by atoms with Crippen molar-refractivity contribution in [3.8, 4) is 22.5 Å². The third-order valence-electron chi connectivity index (χ3n) is 5.61. The SMILES string of the molecule is N=C(CF)NCCC[C@H](NC(=O)c1cccc(-c2cccc(Cl)c2)c1)c1ncc(-c2ccccc2)o1. The Kier molecular flexibility index (Phi) is 8.47. The second-order valence-electron chi connectivity index (χ2n) is 8.23. The number of carbonyl (C=O) groups is 1. The molecule has 4 aromatic rings. The van der Waals surface area contributed by atoms with E-state index in [4.69, 9.17) is 21.4 Å². The number of hydrogen-bond donors (Lipinski definition) is 3. The lowest BCUT2D eigenvalue weighted by Crippen LogP contribution is -2.30. The van der Waals surface area contributed by atoms with Crippen LogP contribution in [0.15, 0.2) is 89.5 Å². The van der Waals surface area contributed by atoms with E-state index in [9.17, 15) is 9.18 Å². The summed E-state index contributed by atoms with van der Waals surface area (Å²) in [6.07, 6.45) is 2.70. The van der Waals surface area contributed by atoms with E-state index in [0.29, 0.717) is 41.6 Å². The van der Waals surface area contributed by atoms with Crippen molar-refractivity contribution in [1.29, 1.82) is 5.41 Å². The van der Waals surface area contributed by atoms with Gasteiger partial charge in [0.1, 0.15) is 18.6 Å². The van der Waals surface area contributed by atoms with Gasteiger partial charge in [-0.2, -0.15) is 0 Å². The first-order valence-electron chi connectivity index (χ1n) is 11.6. The summed E-state index contributed by atoms with van der Waals surface area (Å²) in [7, 11) is 0. The normalized spacial score (nSPS) is 11.6.